The zero-order chi connectivity index (χ0) is 27.4. The van der Waals surface area contributed by atoms with Crippen molar-refractivity contribution < 1.29 is 24.2 Å². The highest BCUT2D eigenvalue weighted by Crippen LogP contribution is 2.66. The third-order valence-electron chi connectivity index (χ3n) is 8.20. The Morgan fingerprint density at radius 2 is 1.95 bits per heavy atom. The summed E-state index contributed by atoms with van der Waals surface area (Å²) in [5.41, 5.74) is 2.78. The average Bonchev–Trinajstić information content (AvgIpc) is 3.53. The fourth-order valence-electron chi connectivity index (χ4n) is 6.64. The second-order valence-corrected chi connectivity index (χ2v) is 12.2. The number of aliphatic hydroxyl groups is 1. The molecule has 3 heterocycles. The summed E-state index contributed by atoms with van der Waals surface area (Å²) in [6, 6.07) is 5.21. The van der Waals surface area contributed by atoms with Gasteiger partial charge in [-0.3, -0.25) is 14.4 Å². The van der Waals surface area contributed by atoms with E-state index in [0.29, 0.717) is 26.0 Å². The molecule has 0 saturated carbocycles. The zero-order valence-electron chi connectivity index (χ0n) is 22.6. The fraction of sp³-hybridized carbons (Fsp3) is 0.567. The average molecular weight is 541 g/mol. The van der Waals surface area contributed by atoms with Gasteiger partial charge in [-0.1, -0.05) is 30.4 Å². The number of fused-ring (bicyclic) bond motifs is 1. The maximum atomic E-state index is 14.5. The molecule has 3 aliphatic heterocycles. The van der Waals surface area contributed by atoms with Crippen LogP contribution >= 0.6 is 11.8 Å². The van der Waals surface area contributed by atoms with Gasteiger partial charge >= 0.3 is 5.97 Å². The number of benzene rings is 1. The lowest BCUT2D eigenvalue weighted by Gasteiger charge is -2.38. The van der Waals surface area contributed by atoms with Crippen LogP contribution in [-0.4, -0.2) is 70.1 Å². The van der Waals surface area contributed by atoms with Gasteiger partial charge in [-0.2, -0.15) is 0 Å². The Kier molecular flexibility index (Phi) is 9.04. The van der Waals surface area contributed by atoms with Crippen LogP contribution in [-0.2, 0) is 19.1 Å². The Labute approximate surface area is 230 Å². The third-order valence-corrected chi connectivity index (χ3v) is 10.1. The first-order valence-electron chi connectivity index (χ1n) is 13.7. The second kappa shape index (κ2) is 12.1. The summed E-state index contributed by atoms with van der Waals surface area (Å²) in [6.45, 7) is 12.4. The van der Waals surface area contributed by atoms with Gasteiger partial charge in [0.15, 0.2) is 0 Å². The van der Waals surface area contributed by atoms with E-state index >= 15 is 0 Å². The van der Waals surface area contributed by atoms with Crippen molar-refractivity contribution in [3.63, 3.8) is 0 Å². The van der Waals surface area contributed by atoms with Crippen LogP contribution in [0.1, 0.15) is 49.7 Å². The fourth-order valence-corrected chi connectivity index (χ4v) is 8.84. The van der Waals surface area contributed by atoms with Gasteiger partial charge in [0.1, 0.15) is 6.04 Å². The lowest BCUT2D eigenvalue weighted by Crippen LogP contribution is -2.55. The number of amides is 2. The van der Waals surface area contributed by atoms with E-state index in [9.17, 15) is 19.5 Å². The van der Waals surface area contributed by atoms with Crippen molar-refractivity contribution in [2.24, 2.45) is 11.8 Å². The molecule has 0 radical (unpaired) electrons. The van der Waals surface area contributed by atoms with Gasteiger partial charge in [-0.25, -0.2) is 0 Å². The Morgan fingerprint density at radius 1 is 1.21 bits per heavy atom. The van der Waals surface area contributed by atoms with Crippen molar-refractivity contribution in [3.8, 4) is 0 Å². The topological polar surface area (TPSA) is 87.2 Å². The van der Waals surface area contributed by atoms with E-state index in [4.69, 9.17) is 4.74 Å². The number of carbonyl (C=O) groups is 3. The largest absolute Gasteiger partial charge is 0.465 e. The first-order valence-corrected chi connectivity index (χ1v) is 14.6. The molecule has 2 unspecified atom stereocenters. The molecule has 8 heteroatoms. The number of allylic oxidation sites excluding steroid dienone is 1. The minimum Gasteiger partial charge on any atom is -0.465 e. The summed E-state index contributed by atoms with van der Waals surface area (Å²) < 4.78 is 4.99. The number of aliphatic hydroxyl groups excluding tert-OH is 1. The maximum absolute atomic E-state index is 14.5. The van der Waals surface area contributed by atoms with Gasteiger partial charge in [0.2, 0.25) is 5.91 Å². The van der Waals surface area contributed by atoms with E-state index in [2.05, 4.69) is 13.2 Å². The van der Waals surface area contributed by atoms with Gasteiger partial charge in [0, 0.05) is 30.6 Å². The standard InChI is InChI=1S/C30H40N2O5S/c1-5-7-8-9-19-37-29(36)23-22-14-15-30(38-22)24(23)27(34)32(17-11-18-33)26(30)28(35)31(16-6-2)25-20(3)12-10-13-21(25)4/h5-6,10,12-13,22-24,26,33H,1-2,7-9,11,14-19H2,3-4H3/t22-,23+,24-,26?,30?/m0/s1. The van der Waals surface area contributed by atoms with Crippen molar-refractivity contribution in [1.82, 2.24) is 4.90 Å². The molecule has 3 fully saturated rings. The molecule has 2 amide bonds. The molecule has 4 rings (SSSR count). The normalized spacial score (nSPS) is 27.3. The number of hydrogen-bond donors (Lipinski definition) is 1. The summed E-state index contributed by atoms with van der Waals surface area (Å²) in [4.78, 5) is 45.2. The summed E-state index contributed by atoms with van der Waals surface area (Å²) in [5, 5.41) is 9.55. The van der Waals surface area contributed by atoms with Crippen LogP contribution in [0.5, 0.6) is 0 Å². The quantitative estimate of drug-likeness (QED) is 0.229. The first kappa shape index (κ1) is 28.4. The first-order chi connectivity index (χ1) is 18.3. The molecule has 3 saturated heterocycles. The number of esters is 1. The lowest BCUT2D eigenvalue weighted by molar-refractivity contribution is -0.154. The highest BCUT2D eigenvalue weighted by molar-refractivity contribution is 8.02. The maximum Gasteiger partial charge on any atom is 0.310 e. The number of likely N-dealkylation sites (tertiary alicyclic amines) is 1. The van der Waals surface area contributed by atoms with Crippen LogP contribution in [0.3, 0.4) is 0 Å². The van der Waals surface area contributed by atoms with Gasteiger partial charge in [0.05, 0.1) is 23.2 Å². The zero-order valence-corrected chi connectivity index (χ0v) is 23.4. The number of thioether (sulfide) groups is 1. The van der Waals surface area contributed by atoms with Crippen LogP contribution in [0.15, 0.2) is 43.5 Å². The van der Waals surface area contributed by atoms with Gasteiger partial charge in [-0.05, 0) is 63.5 Å². The van der Waals surface area contributed by atoms with Crippen molar-refractivity contribution in [1.29, 1.82) is 0 Å². The molecule has 2 bridgehead atoms. The molecular weight excluding hydrogens is 500 g/mol. The van der Waals surface area contributed by atoms with Gasteiger partial charge < -0.3 is 19.6 Å². The predicted octanol–water partition coefficient (Wildman–Crippen LogP) is 4.20. The third kappa shape index (κ3) is 4.93. The number of anilines is 1. The van der Waals surface area contributed by atoms with E-state index in [1.807, 2.05) is 38.1 Å². The Bertz CT molecular complexity index is 1070. The summed E-state index contributed by atoms with van der Waals surface area (Å²) in [7, 11) is 0. The monoisotopic (exact) mass is 540 g/mol. The molecule has 0 aliphatic carbocycles. The number of nitrogens with zero attached hydrogens (tertiary/aromatic N) is 2. The molecule has 1 N–H and O–H groups in total. The number of rotatable bonds is 13. The molecule has 1 aromatic carbocycles. The lowest BCUT2D eigenvalue weighted by atomic mass is 9.71. The molecular formula is C30H40N2O5S. The molecule has 206 valence electrons. The van der Waals surface area contributed by atoms with Crippen molar-refractivity contribution in [2.45, 2.75) is 68.4 Å². The summed E-state index contributed by atoms with van der Waals surface area (Å²) >= 11 is 1.64. The van der Waals surface area contributed by atoms with Crippen molar-refractivity contribution >= 4 is 35.2 Å². The van der Waals surface area contributed by atoms with Crippen LogP contribution < -0.4 is 4.90 Å². The van der Waals surface area contributed by atoms with Crippen LogP contribution in [0.2, 0.25) is 0 Å². The molecule has 3 aliphatic rings. The highest BCUT2D eigenvalue weighted by Gasteiger charge is 2.74. The van der Waals surface area contributed by atoms with E-state index in [-0.39, 0.29) is 36.2 Å². The number of unbranched alkanes of at least 4 members (excludes halogenated alkanes) is 2. The number of hydrogen-bond acceptors (Lipinski definition) is 6. The minimum atomic E-state index is -0.717. The number of carbonyl (C=O) groups excluding carboxylic acids is 3. The van der Waals surface area contributed by atoms with Gasteiger partial charge in [0.25, 0.3) is 5.91 Å². The molecule has 7 nitrogen and oxygen atoms in total. The Morgan fingerprint density at radius 3 is 2.61 bits per heavy atom. The van der Waals surface area contributed by atoms with E-state index in [0.717, 1.165) is 42.5 Å². The van der Waals surface area contributed by atoms with E-state index in [1.54, 1.807) is 27.6 Å². The molecule has 5 atom stereocenters. The van der Waals surface area contributed by atoms with E-state index < -0.39 is 22.6 Å². The Balaban J connectivity index is 1.68. The summed E-state index contributed by atoms with van der Waals surface area (Å²) in [5.74, 6) is -1.79. The van der Waals surface area contributed by atoms with Crippen LogP contribution in [0.4, 0.5) is 5.69 Å². The van der Waals surface area contributed by atoms with E-state index in [1.165, 1.54) is 0 Å². The van der Waals surface area contributed by atoms with Crippen LogP contribution in [0.25, 0.3) is 0 Å². The second-order valence-electron chi connectivity index (χ2n) is 10.6. The van der Waals surface area contributed by atoms with Crippen molar-refractivity contribution in [2.75, 3.05) is 31.2 Å². The van der Waals surface area contributed by atoms with Gasteiger partial charge in [-0.15, -0.1) is 24.9 Å². The SMILES string of the molecule is C=CCCCCOC(=O)[C@@H]1[C@@H]2CCC3(S2)C(C(=O)N(CC=C)c2c(C)cccc2C)N(CCCO)C(=O)[C@H]13. The molecule has 1 aromatic rings. The number of aryl methyl sites for hydroxylation is 2. The highest BCUT2D eigenvalue weighted by atomic mass is 32.2. The number of ether oxygens (including phenoxy) is 1. The summed E-state index contributed by atoms with van der Waals surface area (Å²) in [6.07, 6.45) is 7.91. The smallest absolute Gasteiger partial charge is 0.310 e. The Hall–Kier alpha value is -2.58. The molecule has 38 heavy (non-hydrogen) atoms. The van der Waals surface area contributed by atoms with Crippen LogP contribution in [0, 0.1) is 25.7 Å². The molecule has 0 aromatic heterocycles. The van der Waals surface area contributed by atoms with Crippen molar-refractivity contribution in [3.05, 3.63) is 54.6 Å². The predicted molar refractivity (Wildman–Crippen MR) is 151 cm³/mol. The minimum absolute atomic E-state index is 0.0343. The number of para-hydroxylation sites is 1. The molecule has 1 spiro atoms.